The first kappa shape index (κ1) is 28.3. The van der Waals surface area contributed by atoms with E-state index in [0.717, 1.165) is 33.0 Å². The Hall–Kier alpha value is -3.23. The van der Waals surface area contributed by atoms with Crippen LogP contribution < -0.4 is 8.85 Å². The SMILES string of the molecule is CC(C)(C)[Si](C)(C)Oc1ccc2cc3c(cc2c1)C(=O)c1cc2ccc(O[Si](C)(C)C(C)(C)C)cc2cc1C3=O. The maximum atomic E-state index is 13.8. The van der Waals surface area contributed by atoms with Gasteiger partial charge in [0.15, 0.2) is 11.6 Å². The zero-order valence-corrected chi connectivity index (χ0v) is 27.4. The fourth-order valence-electron chi connectivity index (χ4n) is 4.62. The van der Waals surface area contributed by atoms with Crippen LogP contribution in [-0.2, 0) is 0 Å². The highest BCUT2D eigenvalue weighted by Crippen LogP contribution is 2.40. The minimum absolute atomic E-state index is 0.0737. The predicted octanol–water partition coefficient (Wildman–Crippen LogP) is 9.54. The second-order valence-corrected chi connectivity index (χ2v) is 23.6. The maximum absolute atomic E-state index is 13.8. The average Bonchev–Trinajstić information content (AvgIpc) is 2.83. The molecule has 0 heterocycles. The third-order valence-electron chi connectivity index (χ3n) is 9.23. The van der Waals surface area contributed by atoms with Crippen molar-refractivity contribution in [3.05, 3.63) is 82.9 Å². The molecule has 4 aromatic carbocycles. The van der Waals surface area contributed by atoms with E-state index in [-0.39, 0.29) is 21.6 Å². The number of rotatable bonds is 4. The second-order valence-electron chi connectivity index (χ2n) is 14.2. The molecule has 4 aromatic rings. The lowest BCUT2D eigenvalue weighted by Gasteiger charge is -2.36. The lowest BCUT2D eigenvalue weighted by molar-refractivity contribution is 0.0979. The lowest BCUT2D eigenvalue weighted by atomic mass is 9.81. The van der Waals surface area contributed by atoms with Gasteiger partial charge in [0.25, 0.3) is 0 Å². The number of fused-ring (bicyclic) bond motifs is 4. The molecule has 0 saturated carbocycles. The molecule has 0 bridgehead atoms. The highest BCUT2D eigenvalue weighted by Gasteiger charge is 2.40. The van der Waals surface area contributed by atoms with Gasteiger partial charge in [-0.2, -0.15) is 0 Å². The van der Waals surface area contributed by atoms with Gasteiger partial charge in [-0.3, -0.25) is 9.59 Å². The fourth-order valence-corrected chi connectivity index (χ4v) is 6.66. The number of carbonyl (C=O) groups excluding carboxylic acids is 2. The summed E-state index contributed by atoms with van der Waals surface area (Å²) in [5.41, 5.74) is 1.81. The summed E-state index contributed by atoms with van der Waals surface area (Å²) in [6, 6.07) is 19.3. The van der Waals surface area contributed by atoms with Crippen LogP contribution in [0.25, 0.3) is 21.5 Å². The van der Waals surface area contributed by atoms with Gasteiger partial charge < -0.3 is 8.85 Å². The van der Waals surface area contributed by atoms with Crippen LogP contribution in [0, 0.1) is 0 Å². The van der Waals surface area contributed by atoms with Crippen LogP contribution in [0.3, 0.4) is 0 Å². The number of ketones is 2. The molecule has 0 fully saturated rings. The Morgan fingerprint density at radius 1 is 0.475 bits per heavy atom. The van der Waals surface area contributed by atoms with Gasteiger partial charge in [-0.15, -0.1) is 0 Å². The van der Waals surface area contributed by atoms with Gasteiger partial charge in [0, 0.05) is 22.3 Å². The fraction of sp³-hybridized carbons (Fsp3) is 0.353. The van der Waals surface area contributed by atoms with E-state index in [4.69, 9.17) is 8.85 Å². The smallest absolute Gasteiger partial charge is 0.250 e. The first-order chi connectivity index (χ1) is 18.4. The van der Waals surface area contributed by atoms with Crippen molar-refractivity contribution >= 4 is 49.7 Å². The maximum Gasteiger partial charge on any atom is 0.250 e. The third-order valence-corrected chi connectivity index (χ3v) is 17.9. The molecule has 1 aliphatic carbocycles. The summed E-state index contributed by atoms with van der Waals surface area (Å²) >= 11 is 0. The van der Waals surface area contributed by atoms with Gasteiger partial charge in [0.1, 0.15) is 11.5 Å². The van der Waals surface area contributed by atoms with Crippen LogP contribution in [0.2, 0.25) is 36.3 Å². The van der Waals surface area contributed by atoms with Gasteiger partial charge in [-0.05, 0) is 106 Å². The summed E-state index contributed by atoms with van der Waals surface area (Å²) in [4.78, 5) is 27.5. The van der Waals surface area contributed by atoms with Crippen molar-refractivity contribution in [2.45, 2.75) is 77.8 Å². The first-order valence-corrected chi connectivity index (χ1v) is 19.8. The Bertz CT molecular complexity index is 1570. The van der Waals surface area contributed by atoms with E-state index in [1.165, 1.54) is 0 Å². The molecule has 5 rings (SSSR count). The molecule has 0 spiro atoms. The van der Waals surface area contributed by atoms with Crippen LogP contribution in [-0.4, -0.2) is 28.2 Å². The van der Waals surface area contributed by atoms with Crippen LogP contribution in [0.1, 0.15) is 73.4 Å². The van der Waals surface area contributed by atoms with Crippen molar-refractivity contribution in [2.75, 3.05) is 0 Å². The third kappa shape index (κ3) is 4.81. The van der Waals surface area contributed by atoms with E-state index in [0.29, 0.717) is 22.3 Å². The predicted molar refractivity (Wildman–Crippen MR) is 170 cm³/mol. The zero-order chi connectivity index (χ0) is 29.4. The molecule has 6 heteroatoms. The molecule has 0 N–H and O–H groups in total. The highest BCUT2D eigenvalue weighted by molar-refractivity contribution is 6.75. The van der Waals surface area contributed by atoms with Crippen molar-refractivity contribution in [1.29, 1.82) is 0 Å². The molecule has 0 aromatic heterocycles. The molecular weight excluding hydrogens is 529 g/mol. The van der Waals surface area contributed by atoms with Gasteiger partial charge in [0.2, 0.25) is 16.6 Å². The minimum atomic E-state index is -2.01. The van der Waals surface area contributed by atoms with E-state index in [1.807, 2.05) is 60.7 Å². The molecule has 208 valence electrons. The second kappa shape index (κ2) is 9.15. The number of benzene rings is 4. The molecule has 0 aliphatic heterocycles. The molecule has 4 nitrogen and oxygen atoms in total. The van der Waals surface area contributed by atoms with Crippen molar-refractivity contribution in [3.63, 3.8) is 0 Å². The van der Waals surface area contributed by atoms with Crippen molar-refractivity contribution in [2.24, 2.45) is 0 Å². The summed E-state index contributed by atoms with van der Waals surface area (Å²) in [5, 5.41) is 3.77. The molecule has 0 atom stereocenters. The summed E-state index contributed by atoms with van der Waals surface area (Å²) in [6.07, 6.45) is 0. The topological polar surface area (TPSA) is 52.6 Å². The number of hydrogen-bond donors (Lipinski definition) is 0. The lowest BCUT2D eigenvalue weighted by Crippen LogP contribution is -2.43. The van der Waals surface area contributed by atoms with Crippen LogP contribution in [0.5, 0.6) is 11.5 Å². The van der Waals surface area contributed by atoms with Crippen molar-refractivity contribution in [1.82, 2.24) is 0 Å². The summed E-state index contributed by atoms with van der Waals surface area (Å²) in [7, 11) is -4.03. The van der Waals surface area contributed by atoms with Crippen LogP contribution >= 0.6 is 0 Å². The van der Waals surface area contributed by atoms with Crippen molar-refractivity contribution in [3.8, 4) is 11.5 Å². The van der Waals surface area contributed by atoms with Gasteiger partial charge in [-0.1, -0.05) is 53.7 Å². The highest BCUT2D eigenvalue weighted by atomic mass is 28.4. The first-order valence-electron chi connectivity index (χ1n) is 14.0. The summed E-state index contributed by atoms with van der Waals surface area (Å²) < 4.78 is 13.0. The summed E-state index contributed by atoms with van der Waals surface area (Å²) in [5.74, 6) is 1.36. The Morgan fingerprint density at radius 3 is 1.07 bits per heavy atom. The zero-order valence-electron chi connectivity index (χ0n) is 25.4. The number of carbonyl (C=O) groups is 2. The van der Waals surface area contributed by atoms with E-state index in [1.54, 1.807) is 0 Å². The van der Waals surface area contributed by atoms with E-state index in [9.17, 15) is 9.59 Å². The van der Waals surface area contributed by atoms with Crippen LogP contribution in [0.4, 0.5) is 0 Å². The average molecular weight is 569 g/mol. The van der Waals surface area contributed by atoms with E-state index < -0.39 is 16.6 Å². The monoisotopic (exact) mass is 568 g/mol. The summed E-state index contributed by atoms with van der Waals surface area (Å²) in [6.45, 7) is 22.1. The molecule has 0 radical (unpaired) electrons. The Kier molecular flexibility index (Phi) is 6.47. The van der Waals surface area contributed by atoms with Gasteiger partial charge in [0.05, 0.1) is 0 Å². The minimum Gasteiger partial charge on any atom is -0.543 e. The Morgan fingerprint density at radius 2 is 0.775 bits per heavy atom. The molecule has 40 heavy (non-hydrogen) atoms. The normalized spacial score (nSPS) is 14.3. The van der Waals surface area contributed by atoms with E-state index >= 15 is 0 Å². The molecule has 0 amide bonds. The molecule has 0 saturated heterocycles. The molecule has 0 unspecified atom stereocenters. The van der Waals surface area contributed by atoms with E-state index in [2.05, 4.69) is 67.7 Å². The number of hydrogen-bond acceptors (Lipinski definition) is 4. The Balaban J connectivity index is 1.54. The molecular formula is C34H40O4Si2. The van der Waals surface area contributed by atoms with Crippen molar-refractivity contribution < 1.29 is 18.4 Å². The quantitative estimate of drug-likeness (QED) is 0.203. The standard InChI is InChI=1S/C34H40O4Si2/c1-33(2,3)39(7,8)37-25-13-11-21-17-27-29(19-23(21)15-25)31(35)28-18-22-12-14-26(38-40(9,10)34(4,5)6)16-24(22)20-30(28)32(27)36/h11-20H,1-10H3. The Labute approximate surface area is 240 Å². The largest absolute Gasteiger partial charge is 0.543 e. The molecule has 1 aliphatic rings. The van der Waals surface area contributed by atoms with Crippen LogP contribution in [0.15, 0.2) is 60.7 Å². The van der Waals surface area contributed by atoms with Gasteiger partial charge in [-0.25, -0.2) is 0 Å². The van der Waals surface area contributed by atoms with Gasteiger partial charge >= 0.3 is 0 Å².